The Kier molecular flexibility index (Phi) is 7.05. The summed E-state index contributed by atoms with van der Waals surface area (Å²) < 4.78 is 6.84. The molecule has 0 bridgehead atoms. The Labute approximate surface area is 296 Å². The minimum absolute atomic E-state index is 0.405. The number of allylic oxidation sites excluding steroid dienone is 2. The standard InChI is InChI=1S/C47H33N3O/c1-4-12-30(13-5-1)33-20-21-35-27-36(23-22-34(35)26-33)37-24-25-40-42(29-37)51-44-39-19-11-10-18-38(39)28-41(43(40)44)47-49-45(31-14-6-2-7-15-31)48-46(50-47)32-16-8-3-9-17-32/h1-9,11-17,19-25,27-29,33H,10,18,26H2. The number of rotatable bonds is 5. The van der Waals surface area contributed by atoms with Crippen LogP contribution in [0.2, 0.25) is 0 Å². The number of nitrogens with zero attached hydrogens (tertiary/aromatic N) is 3. The molecule has 0 aliphatic heterocycles. The van der Waals surface area contributed by atoms with E-state index < -0.39 is 0 Å². The van der Waals surface area contributed by atoms with Crippen molar-refractivity contribution in [3.05, 3.63) is 173 Å². The van der Waals surface area contributed by atoms with Crippen LogP contribution in [-0.2, 0) is 12.8 Å². The van der Waals surface area contributed by atoms with Gasteiger partial charge in [-0.15, -0.1) is 0 Å². The van der Waals surface area contributed by atoms with E-state index in [0.717, 1.165) is 69.0 Å². The molecule has 0 N–H and O–H groups in total. The fraction of sp³-hybridized carbons (Fsp3) is 0.0851. The lowest BCUT2D eigenvalue weighted by molar-refractivity contribution is 0.667. The predicted octanol–water partition coefficient (Wildman–Crippen LogP) is 11.8. The van der Waals surface area contributed by atoms with Gasteiger partial charge in [0.15, 0.2) is 17.5 Å². The summed E-state index contributed by atoms with van der Waals surface area (Å²) in [6.45, 7) is 0. The van der Waals surface area contributed by atoms with Gasteiger partial charge < -0.3 is 4.42 Å². The maximum absolute atomic E-state index is 6.84. The third kappa shape index (κ3) is 5.28. The van der Waals surface area contributed by atoms with Crippen LogP contribution >= 0.6 is 0 Å². The second-order valence-corrected chi connectivity index (χ2v) is 13.5. The summed E-state index contributed by atoms with van der Waals surface area (Å²) in [7, 11) is 0. The van der Waals surface area contributed by atoms with E-state index in [1.165, 1.54) is 27.8 Å². The summed E-state index contributed by atoms with van der Waals surface area (Å²) >= 11 is 0. The minimum Gasteiger partial charge on any atom is -0.455 e. The normalized spacial score (nSPS) is 14.9. The molecule has 0 radical (unpaired) electrons. The molecule has 2 aliphatic carbocycles. The highest BCUT2D eigenvalue weighted by atomic mass is 16.3. The van der Waals surface area contributed by atoms with E-state index in [-0.39, 0.29) is 0 Å². The molecule has 4 nitrogen and oxygen atoms in total. The van der Waals surface area contributed by atoms with Gasteiger partial charge in [-0.1, -0.05) is 133 Å². The van der Waals surface area contributed by atoms with Gasteiger partial charge in [-0.3, -0.25) is 0 Å². The second kappa shape index (κ2) is 12.2. The number of hydrogen-bond acceptors (Lipinski definition) is 4. The number of furan rings is 1. The van der Waals surface area contributed by atoms with Crippen LogP contribution in [0.15, 0.2) is 150 Å². The molecule has 0 saturated carbocycles. The molecule has 0 spiro atoms. The van der Waals surface area contributed by atoms with Gasteiger partial charge in [-0.05, 0) is 76.9 Å². The van der Waals surface area contributed by atoms with E-state index in [0.29, 0.717) is 23.4 Å². The largest absolute Gasteiger partial charge is 0.455 e. The third-order valence-electron chi connectivity index (χ3n) is 10.3. The first-order chi connectivity index (χ1) is 25.2. The average molecular weight is 656 g/mol. The Bertz CT molecular complexity index is 2600. The molecule has 1 atom stereocenters. The zero-order valence-electron chi connectivity index (χ0n) is 28.0. The molecule has 1 unspecified atom stereocenters. The molecule has 10 rings (SSSR count). The van der Waals surface area contributed by atoms with Gasteiger partial charge >= 0.3 is 0 Å². The van der Waals surface area contributed by atoms with Crippen LogP contribution in [0.5, 0.6) is 0 Å². The Balaban J connectivity index is 1.12. The first kappa shape index (κ1) is 29.5. The zero-order valence-corrected chi connectivity index (χ0v) is 28.0. The van der Waals surface area contributed by atoms with Crippen molar-refractivity contribution in [1.29, 1.82) is 0 Å². The van der Waals surface area contributed by atoms with Crippen molar-refractivity contribution in [3.8, 4) is 45.3 Å². The Hall–Kier alpha value is -6.39. The van der Waals surface area contributed by atoms with E-state index in [1.807, 2.05) is 60.7 Å². The molecular weight excluding hydrogens is 623 g/mol. The summed E-state index contributed by atoms with van der Waals surface area (Å²) in [5.41, 5.74) is 13.3. The third-order valence-corrected chi connectivity index (χ3v) is 10.3. The molecule has 6 aromatic carbocycles. The molecule has 4 heteroatoms. The lowest BCUT2D eigenvalue weighted by Crippen LogP contribution is -2.05. The van der Waals surface area contributed by atoms with E-state index in [1.54, 1.807) is 0 Å². The Morgan fingerprint density at radius 2 is 1.24 bits per heavy atom. The van der Waals surface area contributed by atoms with Crippen LogP contribution in [0.4, 0.5) is 0 Å². The smallest absolute Gasteiger partial charge is 0.164 e. The maximum atomic E-state index is 6.84. The van der Waals surface area contributed by atoms with Crippen molar-refractivity contribution in [3.63, 3.8) is 0 Å². The van der Waals surface area contributed by atoms with E-state index in [2.05, 4.69) is 97.1 Å². The highest BCUT2D eigenvalue weighted by Crippen LogP contribution is 2.43. The van der Waals surface area contributed by atoms with Gasteiger partial charge in [0.05, 0.1) is 0 Å². The van der Waals surface area contributed by atoms with Gasteiger partial charge in [0, 0.05) is 38.9 Å². The van der Waals surface area contributed by atoms with Crippen molar-refractivity contribution in [2.24, 2.45) is 0 Å². The van der Waals surface area contributed by atoms with Gasteiger partial charge in [0.1, 0.15) is 11.2 Å². The van der Waals surface area contributed by atoms with Gasteiger partial charge in [0.2, 0.25) is 0 Å². The van der Waals surface area contributed by atoms with Crippen LogP contribution in [0.1, 0.15) is 40.2 Å². The molecule has 51 heavy (non-hydrogen) atoms. The van der Waals surface area contributed by atoms with E-state index in [4.69, 9.17) is 19.4 Å². The number of aryl methyl sites for hydroxylation is 1. The summed E-state index contributed by atoms with van der Waals surface area (Å²) in [5, 5.41) is 2.09. The second-order valence-electron chi connectivity index (χ2n) is 13.5. The lowest BCUT2D eigenvalue weighted by Gasteiger charge is -2.20. The van der Waals surface area contributed by atoms with Crippen LogP contribution in [0.3, 0.4) is 0 Å². The summed E-state index contributed by atoms with van der Waals surface area (Å²) in [4.78, 5) is 15.2. The molecule has 2 aromatic heterocycles. The molecule has 0 fully saturated rings. The molecule has 8 aromatic rings. The fourth-order valence-electron chi connectivity index (χ4n) is 7.71. The van der Waals surface area contributed by atoms with Gasteiger partial charge in [-0.25, -0.2) is 15.0 Å². The SMILES string of the molecule is C1=Cc2c(cc(-c3nc(-c4ccccc4)nc(-c4ccccc4)n3)c3c2oc2cc(-c4ccc5c(c4)C=CC(c4ccccc4)C5)ccc23)CC1. The predicted molar refractivity (Wildman–Crippen MR) is 208 cm³/mol. The highest BCUT2D eigenvalue weighted by Gasteiger charge is 2.23. The fourth-order valence-corrected chi connectivity index (χ4v) is 7.71. The maximum Gasteiger partial charge on any atom is 0.164 e. The number of fused-ring (bicyclic) bond motifs is 6. The Morgan fingerprint density at radius 3 is 1.98 bits per heavy atom. The van der Waals surface area contributed by atoms with Gasteiger partial charge in [0.25, 0.3) is 0 Å². The Morgan fingerprint density at radius 1 is 0.569 bits per heavy atom. The van der Waals surface area contributed by atoms with Crippen molar-refractivity contribution in [1.82, 2.24) is 15.0 Å². The molecule has 0 amide bonds. The topological polar surface area (TPSA) is 51.8 Å². The van der Waals surface area contributed by atoms with Crippen molar-refractivity contribution in [2.75, 3.05) is 0 Å². The number of aromatic nitrogens is 3. The zero-order chi connectivity index (χ0) is 33.7. The quantitative estimate of drug-likeness (QED) is 0.185. The monoisotopic (exact) mass is 655 g/mol. The van der Waals surface area contributed by atoms with Crippen LogP contribution in [-0.4, -0.2) is 15.0 Å². The molecule has 2 heterocycles. The van der Waals surface area contributed by atoms with E-state index in [9.17, 15) is 0 Å². The summed E-state index contributed by atoms with van der Waals surface area (Å²) in [5.74, 6) is 2.35. The van der Waals surface area contributed by atoms with E-state index >= 15 is 0 Å². The van der Waals surface area contributed by atoms with Crippen molar-refractivity contribution in [2.45, 2.75) is 25.2 Å². The van der Waals surface area contributed by atoms with Gasteiger partial charge in [-0.2, -0.15) is 0 Å². The minimum atomic E-state index is 0.405. The van der Waals surface area contributed by atoms with Crippen LogP contribution < -0.4 is 0 Å². The molecule has 2 aliphatic rings. The average Bonchev–Trinajstić information content (AvgIpc) is 3.60. The number of benzene rings is 6. The first-order valence-corrected chi connectivity index (χ1v) is 17.7. The van der Waals surface area contributed by atoms with Crippen molar-refractivity contribution < 1.29 is 4.42 Å². The van der Waals surface area contributed by atoms with Crippen LogP contribution in [0, 0.1) is 0 Å². The lowest BCUT2D eigenvalue weighted by atomic mass is 9.84. The number of hydrogen-bond donors (Lipinski definition) is 0. The first-order valence-electron chi connectivity index (χ1n) is 17.7. The summed E-state index contributed by atoms with van der Waals surface area (Å²) in [6, 6.07) is 46.8. The molecule has 0 saturated heterocycles. The molecular formula is C47H33N3O. The summed E-state index contributed by atoms with van der Waals surface area (Å²) in [6.07, 6.45) is 12.0. The van der Waals surface area contributed by atoms with Crippen LogP contribution in [0.25, 0.3) is 79.4 Å². The van der Waals surface area contributed by atoms with Crippen molar-refractivity contribution >= 4 is 34.1 Å². The molecule has 242 valence electrons. The highest BCUT2D eigenvalue weighted by molar-refractivity contribution is 6.15.